The Kier molecular flexibility index (Phi) is 5.41. The van der Waals surface area contributed by atoms with E-state index in [1.165, 1.54) is 24.1 Å². The average Bonchev–Trinajstić information content (AvgIpc) is 2.40. The summed E-state index contributed by atoms with van der Waals surface area (Å²) in [4.78, 5) is 24.2. The van der Waals surface area contributed by atoms with Crippen LogP contribution in [0.2, 0.25) is 0 Å². The van der Waals surface area contributed by atoms with Crippen LogP contribution in [0.5, 0.6) is 0 Å². The van der Waals surface area contributed by atoms with Crippen LogP contribution in [0.3, 0.4) is 0 Å². The molecular weight excluding hydrogens is 256 g/mol. The van der Waals surface area contributed by atoms with Crippen molar-refractivity contribution in [2.45, 2.75) is 13.3 Å². The first-order valence-corrected chi connectivity index (χ1v) is 5.77. The van der Waals surface area contributed by atoms with Crippen LogP contribution in [0.4, 0.5) is 8.78 Å². The molecule has 1 amide bonds. The van der Waals surface area contributed by atoms with Gasteiger partial charge in [0.1, 0.15) is 6.54 Å². The number of carbonyl (C=O) groups excluding carboxylic acids is 2. The normalized spacial score (nSPS) is 10.1. The summed E-state index contributed by atoms with van der Waals surface area (Å²) in [5, 5.41) is 0. The first kappa shape index (κ1) is 15.1. The summed E-state index contributed by atoms with van der Waals surface area (Å²) in [6.07, 6.45) is -0.297. The second-order valence-electron chi connectivity index (χ2n) is 3.87. The number of halogens is 2. The largest absolute Gasteiger partial charge is 0.468 e. The number of methoxy groups -OCH3 is 1. The molecule has 104 valence electrons. The van der Waals surface area contributed by atoms with Gasteiger partial charge in [-0.2, -0.15) is 0 Å². The minimum atomic E-state index is -1.04. The lowest BCUT2D eigenvalue weighted by molar-refractivity contribution is -0.146. The fourth-order valence-electron chi connectivity index (χ4n) is 1.56. The molecule has 0 bridgehead atoms. The highest BCUT2D eigenvalue weighted by molar-refractivity contribution is 5.83. The van der Waals surface area contributed by atoms with Crippen LogP contribution in [-0.4, -0.2) is 37.0 Å². The van der Waals surface area contributed by atoms with Gasteiger partial charge in [0.05, 0.1) is 13.5 Å². The maximum absolute atomic E-state index is 13.4. The molecule has 0 fully saturated rings. The lowest BCUT2D eigenvalue weighted by Crippen LogP contribution is -2.37. The number of nitrogens with zero attached hydrogens (tertiary/aromatic N) is 1. The van der Waals surface area contributed by atoms with Crippen LogP contribution in [0.15, 0.2) is 18.2 Å². The number of benzene rings is 1. The van der Waals surface area contributed by atoms with Gasteiger partial charge in [0.25, 0.3) is 0 Å². The summed E-state index contributed by atoms with van der Waals surface area (Å²) in [5.41, 5.74) is -0.0340. The molecule has 0 heterocycles. The maximum atomic E-state index is 13.4. The summed E-state index contributed by atoms with van der Waals surface area (Å²) in [5.74, 6) is -3.06. The Hall–Kier alpha value is -1.98. The van der Waals surface area contributed by atoms with Crippen LogP contribution in [0.1, 0.15) is 12.5 Å². The van der Waals surface area contributed by atoms with Gasteiger partial charge in [-0.25, -0.2) is 8.78 Å². The molecule has 0 aliphatic rings. The van der Waals surface area contributed by atoms with E-state index >= 15 is 0 Å². The number of carbonyl (C=O) groups is 2. The Morgan fingerprint density at radius 2 is 2.00 bits per heavy atom. The maximum Gasteiger partial charge on any atom is 0.325 e. The second kappa shape index (κ2) is 6.82. The molecule has 0 saturated carbocycles. The van der Waals surface area contributed by atoms with Crippen LogP contribution >= 0.6 is 0 Å². The van der Waals surface area contributed by atoms with Crippen molar-refractivity contribution in [2.75, 3.05) is 20.2 Å². The number of ether oxygens (including phenoxy) is 1. The van der Waals surface area contributed by atoms with Crippen molar-refractivity contribution in [1.29, 1.82) is 0 Å². The number of hydrogen-bond acceptors (Lipinski definition) is 3. The topological polar surface area (TPSA) is 46.6 Å². The predicted molar refractivity (Wildman–Crippen MR) is 64.3 cm³/mol. The molecule has 0 aliphatic carbocycles. The lowest BCUT2D eigenvalue weighted by Gasteiger charge is -2.19. The van der Waals surface area contributed by atoms with Gasteiger partial charge in [0.2, 0.25) is 5.91 Å². The Balaban J connectivity index is 2.77. The molecule has 4 nitrogen and oxygen atoms in total. The highest BCUT2D eigenvalue weighted by Crippen LogP contribution is 2.13. The Labute approximate surface area is 110 Å². The highest BCUT2D eigenvalue weighted by atomic mass is 19.2. The molecule has 0 aliphatic heterocycles. The molecule has 0 atom stereocenters. The smallest absolute Gasteiger partial charge is 0.325 e. The van der Waals surface area contributed by atoms with Crippen molar-refractivity contribution < 1.29 is 23.1 Å². The first-order chi connectivity index (χ1) is 8.99. The number of rotatable bonds is 5. The van der Waals surface area contributed by atoms with Gasteiger partial charge < -0.3 is 9.64 Å². The highest BCUT2D eigenvalue weighted by Gasteiger charge is 2.18. The van der Waals surface area contributed by atoms with E-state index in [1.54, 1.807) is 6.92 Å². The van der Waals surface area contributed by atoms with Gasteiger partial charge in [0.15, 0.2) is 11.6 Å². The summed E-state index contributed by atoms with van der Waals surface area (Å²) in [6.45, 7) is 1.76. The van der Waals surface area contributed by atoms with Gasteiger partial charge in [0, 0.05) is 12.1 Å². The number of likely N-dealkylation sites (N-methyl/N-ethyl adjacent to an activating group) is 1. The van der Waals surface area contributed by atoms with Gasteiger partial charge in [-0.3, -0.25) is 9.59 Å². The molecule has 0 N–H and O–H groups in total. The molecule has 0 unspecified atom stereocenters. The van der Waals surface area contributed by atoms with Crippen LogP contribution in [-0.2, 0) is 20.7 Å². The van der Waals surface area contributed by atoms with E-state index in [9.17, 15) is 18.4 Å². The predicted octanol–water partition coefficient (Wildman–Crippen LogP) is 1.53. The van der Waals surface area contributed by atoms with E-state index in [0.717, 1.165) is 6.07 Å². The minimum absolute atomic E-state index is 0.0340. The van der Waals surface area contributed by atoms with E-state index in [4.69, 9.17) is 0 Å². The van der Waals surface area contributed by atoms with Crippen LogP contribution in [0, 0.1) is 11.6 Å². The molecule has 19 heavy (non-hydrogen) atoms. The van der Waals surface area contributed by atoms with E-state index in [0.29, 0.717) is 0 Å². The van der Waals surface area contributed by atoms with Crippen molar-refractivity contribution in [3.05, 3.63) is 35.4 Å². The zero-order chi connectivity index (χ0) is 14.4. The number of amides is 1. The average molecular weight is 271 g/mol. The molecule has 1 aromatic rings. The summed E-state index contributed by atoms with van der Waals surface area (Å²) >= 11 is 0. The summed E-state index contributed by atoms with van der Waals surface area (Å²) in [7, 11) is 1.22. The van der Waals surface area contributed by atoms with Gasteiger partial charge in [-0.05, 0) is 13.0 Å². The van der Waals surface area contributed by atoms with Gasteiger partial charge in [-0.1, -0.05) is 12.1 Å². The SMILES string of the molecule is CCN(CC(=O)OC)C(=O)Cc1cccc(F)c1F. The minimum Gasteiger partial charge on any atom is -0.468 e. The monoisotopic (exact) mass is 271 g/mol. The van der Waals surface area contributed by atoms with Crippen molar-refractivity contribution in [1.82, 2.24) is 4.90 Å². The van der Waals surface area contributed by atoms with Crippen LogP contribution in [0.25, 0.3) is 0 Å². The first-order valence-electron chi connectivity index (χ1n) is 5.77. The van der Waals surface area contributed by atoms with E-state index < -0.39 is 23.5 Å². The standard InChI is InChI=1S/C13H15F2NO3/c1-3-16(8-12(18)19-2)11(17)7-9-5-4-6-10(14)13(9)15/h4-6H,3,7-8H2,1-2H3. The van der Waals surface area contributed by atoms with E-state index in [1.807, 2.05) is 0 Å². The summed E-state index contributed by atoms with van der Waals surface area (Å²) in [6, 6.07) is 3.65. The van der Waals surface area contributed by atoms with Crippen LogP contribution < -0.4 is 0 Å². The zero-order valence-electron chi connectivity index (χ0n) is 10.8. The van der Waals surface area contributed by atoms with Crippen molar-refractivity contribution in [3.63, 3.8) is 0 Å². The van der Waals surface area contributed by atoms with Crippen molar-refractivity contribution >= 4 is 11.9 Å². The lowest BCUT2D eigenvalue weighted by atomic mass is 10.1. The molecule has 0 spiro atoms. The zero-order valence-corrected chi connectivity index (χ0v) is 10.8. The molecule has 6 heteroatoms. The van der Waals surface area contributed by atoms with Crippen molar-refractivity contribution in [3.8, 4) is 0 Å². The fourth-order valence-corrected chi connectivity index (χ4v) is 1.56. The second-order valence-corrected chi connectivity index (χ2v) is 3.87. The van der Waals surface area contributed by atoms with Crippen molar-refractivity contribution in [2.24, 2.45) is 0 Å². The molecular formula is C13H15F2NO3. The molecule has 1 aromatic carbocycles. The fraction of sp³-hybridized carbons (Fsp3) is 0.385. The summed E-state index contributed by atoms with van der Waals surface area (Å²) < 4.78 is 30.9. The molecule has 0 aromatic heterocycles. The third-order valence-electron chi connectivity index (χ3n) is 2.66. The Morgan fingerprint density at radius 1 is 1.32 bits per heavy atom. The quantitative estimate of drug-likeness (QED) is 0.763. The van der Waals surface area contributed by atoms with Gasteiger partial charge in [-0.15, -0.1) is 0 Å². The third kappa shape index (κ3) is 4.01. The van der Waals surface area contributed by atoms with E-state index in [-0.39, 0.29) is 25.1 Å². The van der Waals surface area contributed by atoms with Gasteiger partial charge >= 0.3 is 5.97 Å². The number of esters is 1. The molecule has 0 radical (unpaired) electrons. The Morgan fingerprint density at radius 3 is 2.58 bits per heavy atom. The molecule has 1 rings (SSSR count). The molecule has 0 saturated heterocycles. The number of hydrogen-bond donors (Lipinski definition) is 0. The third-order valence-corrected chi connectivity index (χ3v) is 2.66. The Bertz CT molecular complexity index is 477. The van der Waals surface area contributed by atoms with E-state index in [2.05, 4.69) is 4.74 Å².